The van der Waals surface area contributed by atoms with E-state index in [9.17, 15) is 4.79 Å². The number of nitrogens with one attached hydrogen (secondary N) is 1. The number of hydrogen-bond donors (Lipinski definition) is 2. The minimum atomic E-state index is -0.460. The van der Waals surface area contributed by atoms with Crippen LogP contribution in [0.1, 0.15) is 58.8 Å². The van der Waals surface area contributed by atoms with Gasteiger partial charge in [-0.3, -0.25) is 4.79 Å². The van der Waals surface area contributed by atoms with Crippen LogP contribution in [0.25, 0.3) is 0 Å². The van der Waals surface area contributed by atoms with E-state index in [0.717, 1.165) is 32.4 Å². The fraction of sp³-hybridized carbons (Fsp3) is 0.933. The molecule has 4 heteroatoms. The molecule has 4 nitrogen and oxygen atoms in total. The standard InChI is InChI=1S/C15H29N3O/c1-12(2)18-10-5-8-15(9-11-18,14(16)19)17-13-6-3-4-7-13/h12-13,17H,3-11H2,1-2H3,(H2,16,19). The number of carbonyl (C=O) groups is 1. The molecule has 1 amide bonds. The Labute approximate surface area is 117 Å². The molecule has 1 atom stereocenters. The SMILES string of the molecule is CC(C)N1CCCC(NC2CCCC2)(C(N)=O)CC1. The fourth-order valence-electron chi connectivity index (χ4n) is 3.59. The quantitative estimate of drug-likeness (QED) is 0.814. The smallest absolute Gasteiger partial charge is 0.237 e. The first kappa shape index (κ1) is 14.8. The van der Waals surface area contributed by atoms with Crippen molar-refractivity contribution in [2.24, 2.45) is 5.73 Å². The zero-order valence-electron chi connectivity index (χ0n) is 12.5. The number of nitrogens with two attached hydrogens (primary N) is 1. The van der Waals surface area contributed by atoms with Crippen LogP contribution in [0.2, 0.25) is 0 Å². The summed E-state index contributed by atoms with van der Waals surface area (Å²) in [6, 6.07) is 1.05. The van der Waals surface area contributed by atoms with E-state index < -0.39 is 5.54 Å². The Balaban J connectivity index is 2.04. The fourth-order valence-corrected chi connectivity index (χ4v) is 3.59. The van der Waals surface area contributed by atoms with Crippen LogP contribution in [-0.2, 0) is 4.79 Å². The predicted molar refractivity (Wildman–Crippen MR) is 77.9 cm³/mol. The van der Waals surface area contributed by atoms with E-state index in [0.29, 0.717) is 12.1 Å². The molecule has 2 aliphatic rings. The summed E-state index contributed by atoms with van der Waals surface area (Å²) in [5.74, 6) is -0.148. The molecule has 110 valence electrons. The molecular formula is C15H29N3O. The number of amides is 1. The van der Waals surface area contributed by atoms with Gasteiger partial charge < -0.3 is 16.0 Å². The van der Waals surface area contributed by atoms with E-state index in [1.807, 2.05) is 0 Å². The Morgan fingerprint density at radius 2 is 1.89 bits per heavy atom. The van der Waals surface area contributed by atoms with Crippen molar-refractivity contribution in [1.82, 2.24) is 10.2 Å². The van der Waals surface area contributed by atoms with Crippen LogP contribution < -0.4 is 11.1 Å². The van der Waals surface area contributed by atoms with Gasteiger partial charge in [0.25, 0.3) is 0 Å². The Kier molecular flexibility index (Phi) is 4.85. The molecule has 1 aliphatic carbocycles. The van der Waals surface area contributed by atoms with Gasteiger partial charge in [-0.15, -0.1) is 0 Å². The number of primary amides is 1. The topological polar surface area (TPSA) is 58.4 Å². The third kappa shape index (κ3) is 3.48. The zero-order chi connectivity index (χ0) is 13.9. The Hall–Kier alpha value is -0.610. The minimum absolute atomic E-state index is 0.148. The van der Waals surface area contributed by atoms with Crippen molar-refractivity contribution in [3.63, 3.8) is 0 Å². The average molecular weight is 267 g/mol. The molecule has 1 aliphatic heterocycles. The highest BCUT2D eigenvalue weighted by molar-refractivity contribution is 5.84. The zero-order valence-corrected chi connectivity index (χ0v) is 12.5. The second-order valence-corrected chi connectivity index (χ2v) is 6.56. The van der Waals surface area contributed by atoms with Gasteiger partial charge in [0.1, 0.15) is 0 Å². The highest BCUT2D eigenvalue weighted by Crippen LogP contribution is 2.27. The first-order valence-corrected chi connectivity index (χ1v) is 7.85. The van der Waals surface area contributed by atoms with Gasteiger partial charge in [-0.1, -0.05) is 12.8 Å². The Morgan fingerprint density at radius 1 is 1.21 bits per heavy atom. The first-order chi connectivity index (χ1) is 9.03. The van der Waals surface area contributed by atoms with Crippen molar-refractivity contribution in [2.45, 2.75) is 76.4 Å². The second-order valence-electron chi connectivity index (χ2n) is 6.56. The van der Waals surface area contributed by atoms with Crippen LogP contribution in [-0.4, -0.2) is 41.5 Å². The molecule has 0 spiro atoms. The summed E-state index contributed by atoms with van der Waals surface area (Å²) >= 11 is 0. The Bertz CT molecular complexity index is 313. The molecule has 19 heavy (non-hydrogen) atoms. The van der Waals surface area contributed by atoms with Crippen molar-refractivity contribution >= 4 is 5.91 Å². The van der Waals surface area contributed by atoms with Crippen LogP contribution in [0, 0.1) is 0 Å². The summed E-state index contributed by atoms with van der Waals surface area (Å²) < 4.78 is 0. The van der Waals surface area contributed by atoms with Crippen LogP contribution >= 0.6 is 0 Å². The van der Waals surface area contributed by atoms with E-state index >= 15 is 0 Å². The van der Waals surface area contributed by atoms with Gasteiger partial charge in [-0.2, -0.15) is 0 Å². The third-order valence-corrected chi connectivity index (χ3v) is 4.91. The lowest BCUT2D eigenvalue weighted by Gasteiger charge is -2.34. The summed E-state index contributed by atoms with van der Waals surface area (Å²) in [5, 5.41) is 3.63. The minimum Gasteiger partial charge on any atom is -0.368 e. The monoisotopic (exact) mass is 267 g/mol. The number of nitrogens with zero attached hydrogens (tertiary/aromatic N) is 1. The first-order valence-electron chi connectivity index (χ1n) is 7.85. The van der Waals surface area contributed by atoms with E-state index in [4.69, 9.17) is 5.73 Å². The van der Waals surface area contributed by atoms with Gasteiger partial charge >= 0.3 is 0 Å². The lowest BCUT2D eigenvalue weighted by Crippen LogP contribution is -2.58. The van der Waals surface area contributed by atoms with Crippen molar-refractivity contribution in [3.8, 4) is 0 Å². The molecule has 2 fully saturated rings. The van der Waals surface area contributed by atoms with Gasteiger partial charge in [-0.05, 0) is 52.5 Å². The predicted octanol–water partition coefficient (Wildman–Crippen LogP) is 1.64. The van der Waals surface area contributed by atoms with E-state index in [1.165, 1.54) is 25.7 Å². The summed E-state index contributed by atoms with van der Waals surface area (Å²) in [4.78, 5) is 14.5. The highest BCUT2D eigenvalue weighted by Gasteiger charge is 2.40. The molecule has 0 radical (unpaired) electrons. The van der Waals surface area contributed by atoms with Gasteiger partial charge in [0, 0.05) is 18.6 Å². The second kappa shape index (κ2) is 6.23. The van der Waals surface area contributed by atoms with Crippen molar-refractivity contribution in [1.29, 1.82) is 0 Å². The van der Waals surface area contributed by atoms with E-state index in [2.05, 4.69) is 24.1 Å². The van der Waals surface area contributed by atoms with Gasteiger partial charge in [0.15, 0.2) is 0 Å². The summed E-state index contributed by atoms with van der Waals surface area (Å²) in [7, 11) is 0. The molecule has 0 bridgehead atoms. The van der Waals surface area contributed by atoms with E-state index in [1.54, 1.807) is 0 Å². The molecule has 0 aromatic carbocycles. The van der Waals surface area contributed by atoms with Gasteiger partial charge in [0.05, 0.1) is 5.54 Å². The van der Waals surface area contributed by atoms with Gasteiger partial charge in [0.2, 0.25) is 5.91 Å². The third-order valence-electron chi connectivity index (χ3n) is 4.91. The molecule has 1 unspecified atom stereocenters. The number of likely N-dealkylation sites (tertiary alicyclic amines) is 1. The molecule has 1 saturated heterocycles. The number of rotatable bonds is 4. The molecule has 0 aromatic rings. The summed E-state index contributed by atoms with van der Waals surface area (Å²) in [5.41, 5.74) is 5.29. The van der Waals surface area contributed by atoms with E-state index in [-0.39, 0.29) is 5.91 Å². The average Bonchev–Trinajstić information content (AvgIpc) is 2.74. The van der Waals surface area contributed by atoms with Crippen molar-refractivity contribution < 1.29 is 4.79 Å². The molecule has 0 aromatic heterocycles. The summed E-state index contributed by atoms with van der Waals surface area (Å²) in [6.07, 6.45) is 7.76. The number of carbonyl (C=O) groups excluding carboxylic acids is 1. The molecule has 2 rings (SSSR count). The summed E-state index contributed by atoms with van der Waals surface area (Å²) in [6.45, 7) is 6.50. The molecular weight excluding hydrogens is 238 g/mol. The normalized spacial score (nSPS) is 30.7. The molecule has 1 heterocycles. The van der Waals surface area contributed by atoms with Crippen molar-refractivity contribution in [3.05, 3.63) is 0 Å². The van der Waals surface area contributed by atoms with Crippen LogP contribution in [0.5, 0.6) is 0 Å². The lowest BCUT2D eigenvalue weighted by molar-refractivity contribution is -0.125. The molecule has 3 N–H and O–H groups in total. The maximum absolute atomic E-state index is 12.0. The maximum Gasteiger partial charge on any atom is 0.237 e. The molecule has 1 saturated carbocycles. The van der Waals surface area contributed by atoms with Gasteiger partial charge in [-0.25, -0.2) is 0 Å². The maximum atomic E-state index is 12.0. The Morgan fingerprint density at radius 3 is 2.47 bits per heavy atom. The van der Waals surface area contributed by atoms with Crippen LogP contribution in [0.3, 0.4) is 0 Å². The highest BCUT2D eigenvalue weighted by atomic mass is 16.1. The number of hydrogen-bond acceptors (Lipinski definition) is 3. The lowest BCUT2D eigenvalue weighted by atomic mass is 9.88. The van der Waals surface area contributed by atoms with Crippen molar-refractivity contribution in [2.75, 3.05) is 13.1 Å². The van der Waals surface area contributed by atoms with Crippen LogP contribution in [0.4, 0.5) is 0 Å². The van der Waals surface area contributed by atoms with Crippen LogP contribution in [0.15, 0.2) is 0 Å². The largest absolute Gasteiger partial charge is 0.368 e.